The summed E-state index contributed by atoms with van der Waals surface area (Å²) in [5.41, 5.74) is 1.43. The molecule has 1 N–H and O–H groups in total. The Bertz CT molecular complexity index is 614. The molecule has 4 nitrogen and oxygen atoms in total. The molecule has 0 amide bonds. The molecule has 1 aliphatic heterocycles. The summed E-state index contributed by atoms with van der Waals surface area (Å²) in [5, 5.41) is 9.91. The predicted octanol–water partition coefficient (Wildman–Crippen LogP) is 2.68. The van der Waals surface area contributed by atoms with E-state index in [1.807, 2.05) is 0 Å². The molecule has 112 valence electrons. The standard InChI is InChI=1S/C16H19FN2O2/c1-11-5-6-19(9-15(11)20)8-14-10-21-16(18-14)12-3-2-4-13(17)7-12/h2-4,7,10-11,15,20H,5-6,8-9H2,1H3. The van der Waals surface area contributed by atoms with Crippen LogP contribution in [0.5, 0.6) is 0 Å². The summed E-state index contributed by atoms with van der Waals surface area (Å²) in [6.45, 7) is 4.31. The molecule has 3 rings (SSSR count). The summed E-state index contributed by atoms with van der Waals surface area (Å²) in [6.07, 6.45) is 2.30. The van der Waals surface area contributed by atoms with Crippen molar-refractivity contribution in [3.8, 4) is 11.5 Å². The van der Waals surface area contributed by atoms with Crippen LogP contribution >= 0.6 is 0 Å². The fourth-order valence-corrected chi connectivity index (χ4v) is 2.62. The van der Waals surface area contributed by atoms with Crippen molar-refractivity contribution in [1.82, 2.24) is 9.88 Å². The van der Waals surface area contributed by atoms with Gasteiger partial charge in [0.2, 0.25) is 5.89 Å². The second-order valence-corrected chi connectivity index (χ2v) is 5.72. The summed E-state index contributed by atoms with van der Waals surface area (Å²) in [6, 6.07) is 6.20. The van der Waals surface area contributed by atoms with Crippen molar-refractivity contribution in [2.75, 3.05) is 13.1 Å². The Labute approximate surface area is 123 Å². The lowest BCUT2D eigenvalue weighted by molar-refractivity contribution is 0.0254. The van der Waals surface area contributed by atoms with Gasteiger partial charge in [-0.1, -0.05) is 13.0 Å². The average Bonchev–Trinajstić information content (AvgIpc) is 2.91. The number of piperidine rings is 1. The fraction of sp³-hybridized carbons (Fsp3) is 0.438. The Morgan fingerprint density at radius 1 is 1.48 bits per heavy atom. The van der Waals surface area contributed by atoms with Crippen LogP contribution in [0.4, 0.5) is 4.39 Å². The number of nitrogens with zero attached hydrogens (tertiary/aromatic N) is 2. The van der Waals surface area contributed by atoms with E-state index < -0.39 is 0 Å². The Morgan fingerprint density at radius 3 is 3.10 bits per heavy atom. The van der Waals surface area contributed by atoms with Crippen molar-refractivity contribution in [1.29, 1.82) is 0 Å². The smallest absolute Gasteiger partial charge is 0.226 e. The number of aliphatic hydroxyl groups excluding tert-OH is 1. The molecule has 1 aliphatic rings. The van der Waals surface area contributed by atoms with Gasteiger partial charge in [0.15, 0.2) is 0 Å². The fourth-order valence-electron chi connectivity index (χ4n) is 2.62. The summed E-state index contributed by atoms with van der Waals surface area (Å²) in [4.78, 5) is 6.57. The van der Waals surface area contributed by atoms with Crippen molar-refractivity contribution in [3.05, 3.63) is 42.0 Å². The molecule has 2 heterocycles. The van der Waals surface area contributed by atoms with Crippen molar-refractivity contribution < 1.29 is 13.9 Å². The van der Waals surface area contributed by atoms with E-state index in [1.165, 1.54) is 12.1 Å². The molecule has 2 atom stereocenters. The second-order valence-electron chi connectivity index (χ2n) is 5.72. The van der Waals surface area contributed by atoms with Gasteiger partial charge in [0.1, 0.15) is 12.1 Å². The van der Waals surface area contributed by atoms with Crippen LogP contribution in [0.1, 0.15) is 19.0 Å². The van der Waals surface area contributed by atoms with Crippen molar-refractivity contribution in [2.24, 2.45) is 5.92 Å². The number of halogens is 1. The van der Waals surface area contributed by atoms with Gasteiger partial charge >= 0.3 is 0 Å². The molecule has 1 saturated heterocycles. The number of β-amino-alcohol motifs (C(OH)–C–C–N with tert-alkyl or cyclic N) is 1. The first-order valence-corrected chi connectivity index (χ1v) is 7.22. The van der Waals surface area contributed by atoms with Gasteiger partial charge in [-0.15, -0.1) is 0 Å². The summed E-state index contributed by atoms with van der Waals surface area (Å²) >= 11 is 0. The highest BCUT2D eigenvalue weighted by molar-refractivity contribution is 5.52. The Hall–Kier alpha value is -1.72. The number of hydrogen-bond donors (Lipinski definition) is 1. The lowest BCUT2D eigenvalue weighted by atomic mass is 9.96. The van der Waals surface area contributed by atoms with Gasteiger partial charge in [-0.3, -0.25) is 4.90 Å². The van der Waals surface area contributed by atoms with Crippen molar-refractivity contribution in [3.63, 3.8) is 0 Å². The maximum Gasteiger partial charge on any atom is 0.226 e. The van der Waals surface area contributed by atoms with Crippen LogP contribution in [0.3, 0.4) is 0 Å². The van der Waals surface area contributed by atoms with E-state index in [9.17, 15) is 9.50 Å². The largest absolute Gasteiger partial charge is 0.444 e. The molecule has 2 aromatic rings. The van der Waals surface area contributed by atoms with Crippen LogP contribution in [0.2, 0.25) is 0 Å². The number of benzene rings is 1. The molecule has 0 aliphatic carbocycles. The third-order valence-electron chi connectivity index (χ3n) is 4.01. The number of aromatic nitrogens is 1. The molecule has 0 spiro atoms. The SMILES string of the molecule is CC1CCN(Cc2coc(-c3cccc(F)c3)n2)CC1O. The molecule has 0 bridgehead atoms. The number of hydrogen-bond acceptors (Lipinski definition) is 4. The number of aliphatic hydroxyl groups is 1. The lowest BCUT2D eigenvalue weighted by Crippen LogP contribution is -2.42. The van der Waals surface area contributed by atoms with Gasteiger partial charge < -0.3 is 9.52 Å². The zero-order valence-corrected chi connectivity index (χ0v) is 12.0. The third-order valence-corrected chi connectivity index (χ3v) is 4.01. The Kier molecular flexibility index (Phi) is 4.03. The zero-order valence-electron chi connectivity index (χ0n) is 12.0. The van der Waals surface area contributed by atoms with Crippen LogP contribution in [-0.2, 0) is 6.54 Å². The first-order valence-electron chi connectivity index (χ1n) is 7.22. The highest BCUT2D eigenvalue weighted by Gasteiger charge is 2.24. The average molecular weight is 290 g/mol. The molecule has 1 aromatic carbocycles. The molecule has 21 heavy (non-hydrogen) atoms. The molecule has 1 aromatic heterocycles. The van der Waals surface area contributed by atoms with E-state index in [0.717, 1.165) is 18.7 Å². The van der Waals surface area contributed by atoms with E-state index in [-0.39, 0.29) is 11.9 Å². The van der Waals surface area contributed by atoms with Crippen LogP contribution in [-0.4, -0.2) is 34.2 Å². The third kappa shape index (κ3) is 3.31. The molecule has 0 saturated carbocycles. The van der Waals surface area contributed by atoms with E-state index >= 15 is 0 Å². The van der Waals surface area contributed by atoms with Gasteiger partial charge in [0.25, 0.3) is 0 Å². The first kappa shape index (κ1) is 14.2. The van der Waals surface area contributed by atoms with Crippen molar-refractivity contribution in [2.45, 2.75) is 26.0 Å². The van der Waals surface area contributed by atoms with E-state index in [4.69, 9.17) is 4.42 Å². The van der Waals surface area contributed by atoms with Crippen LogP contribution in [0, 0.1) is 11.7 Å². The van der Waals surface area contributed by atoms with Gasteiger partial charge in [-0.25, -0.2) is 9.37 Å². The van der Waals surface area contributed by atoms with Gasteiger partial charge in [0, 0.05) is 18.7 Å². The van der Waals surface area contributed by atoms with Crippen LogP contribution in [0.25, 0.3) is 11.5 Å². The summed E-state index contributed by atoms with van der Waals surface area (Å²) in [5.74, 6) is 0.470. The number of oxazole rings is 1. The molecular weight excluding hydrogens is 271 g/mol. The molecule has 0 radical (unpaired) electrons. The molecule has 1 fully saturated rings. The molecular formula is C16H19FN2O2. The van der Waals surface area contributed by atoms with E-state index in [0.29, 0.717) is 30.5 Å². The maximum absolute atomic E-state index is 13.2. The van der Waals surface area contributed by atoms with Gasteiger partial charge in [-0.05, 0) is 37.1 Å². The minimum atomic E-state index is -0.305. The highest BCUT2D eigenvalue weighted by atomic mass is 19.1. The van der Waals surface area contributed by atoms with Gasteiger partial charge in [0.05, 0.1) is 11.8 Å². The molecule has 2 unspecified atom stereocenters. The quantitative estimate of drug-likeness (QED) is 0.944. The van der Waals surface area contributed by atoms with E-state index in [1.54, 1.807) is 18.4 Å². The normalized spacial score (nSPS) is 23.4. The van der Waals surface area contributed by atoms with Gasteiger partial charge in [-0.2, -0.15) is 0 Å². The number of likely N-dealkylation sites (tertiary alicyclic amines) is 1. The minimum Gasteiger partial charge on any atom is -0.444 e. The Balaban J connectivity index is 1.68. The van der Waals surface area contributed by atoms with Crippen molar-refractivity contribution >= 4 is 0 Å². The monoisotopic (exact) mass is 290 g/mol. The predicted molar refractivity (Wildman–Crippen MR) is 77.0 cm³/mol. The minimum absolute atomic E-state index is 0.284. The summed E-state index contributed by atoms with van der Waals surface area (Å²) < 4.78 is 18.6. The van der Waals surface area contributed by atoms with Crippen LogP contribution < -0.4 is 0 Å². The molecule has 5 heteroatoms. The van der Waals surface area contributed by atoms with E-state index in [2.05, 4.69) is 16.8 Å². The topological polar surface area (TPSA) is 49.5 Å². The number of rotatable bonds is 3. The Morgan fingerprint density at radius 2 is 2.33 bits per heavy atom. The lowest BCUT2D eigenvalue weighted by Gasteiger charge is -2.33. The first-order chi connectivity index (χ1) is 10.1. The second kappa shape index (κ2) is 5.95. The maximum atomic E-state index is 13.2. The zero-order chi connectivity index (χ0) is 14.8. The summed E-state index contributed by atoms with van der Waals surface area (Å²) in [7, 11) is 0. The highest BCUT2D eigenvalue weighted by Crippen LogP contribution is 2.22. The van der Waals surface area contributed by atoms with Crippen LogP contribution in [0.15, 0.2) is 34.9 Å².